The lowest BCUT2D eigenvalue weighted by atomic mass is 10.1. The second-order valence-corrected chi connectivity index (χ2v) is 6.48. The van der Waals surface area contributed by atoms with Gasteiger partial charge in [-0.05, 0) is 35.7 Å². The molecule has 0 aliphatic carbocycles. The third kappa shape index (κ3) is 3.08. The molecule has 0 saturated heterocycles. The van der Waals surface area contributed by atoms with E-state index >= 15 is 0 Å². The molecule has 1 N–H and O–H groups in total. The number of benzene rings is 2. The van der Waals surface area contributed by atoms with Crippen molar-refractivity contribution < 1.29 is 0 Å². The summed E-state index contributed by atoms with van der Waals surface area (Å²) in [4.78, 5) is 2.28. The van der Waals surface area contributed by atoms with Crippen molar-refractivity contribution >= 4 is 46.2 Å². The Morgan fingerprint density at radius 1 is 1.10 bits per heavy atom. The summed E-state index contributed by atoms with van der Waals surface area (Å²) in [5.74, 6) is 0. The summed E-state index contributed by atoms with van der Waals surface area (Å²) >= 11 is 18.3. The zero-order valence-corrected chi connectivity index (χ0v) is 13.9. The van der Waals surface area contributed by atoms with Gasteiger partial charge in [0.15, 0.2) is 0 Å². The molecule has 21 heavy (non-hydrogen) atoms. The first kappa shape index (κ1) is 14.8. The molecule has 2 aromatic carbocycles. The highest BCUT2D eigenvalue weighted by atomic mass is 35.5. The molecule has 0 radical (unpaired) electrons. The average molecular weight is 342 g/mol. The monoisotopic (exact) mass is 340 g/mol. The van der Waals surface area contributed by atoms with Crippen LogP contribution in [-0.4, -0.2) is 13.6 Å². The number of anilines is 2. The lowest BCUT2D eigenvalue weighted by Crippen LogP contribution is -2.12. The van der Waals surface area contributed by atoms with E-state index in [-0.39, 0.29) is 0 Å². The highest BCUT2D eigenvalue weighted by molar-refractivity contribution is 6.41. The molecular weight excluding hydrogens is 327 g/mol. The van der Waals surface area contributed by atoms with Gasteiger partial charge in [0, 0.05) is 30.8 Å². The van der Waals surface area contributed by atoms with Gasteiger partial charge in [-0.15, -0.1) is 0 Å². The largest absolute Gasteiger partial charge is 0.379 e. The normalized spacial score (nSPS) is 13.4. The number of nitrogens with one attached hydrogen (secondary N) is 1. The number of hydrogen-bond donors (Lipinski definition) is 1. The summed E-state index contributed by atoms with van der Waals surface area (Å²) in [5.41, 5.74) is 4.65. The van der Waals surface area contributed by atoms with Crippen LogP contribution in [0.4, 0.5) is 11.4 Å². The molecule has 1 aliphatic rings. The quantitative estimate of drug-likeness (QED) is 0.820. The van der Waals surface area contributed by atoms with E-state index in [0.29, 0.717) is 21.6 Å². The van der Waals surface area contributed by atoms with E-state index in [4.69, 9.17) is 34.8 Å². The predicted octanol–water partition coefficient (Wildman–Crippen LogP) is 5.25. The van der Waals surface area contributed by atoms with Crippen LogP contribution in [0.3, 0.4) is 0 Å². The van der Waals surface area contributed by atoms with Crippen molar-refractivity contribution in [3.63, 3.8) is 0 Å². The maximum absolute atomic E-state index is 6.18. The minimum Gasteiger partial charge on any atom is -0.379 e. The summed E-state index contributed by atoms with van der Waals surface area (Å²) in [6.45, 7) is 1.76. The summed E-state index contributed by atoms with van der Waals surface area (Å²) in [6, 6.07) is 9.92. The van der Waals surface area contributed by atoms with Crippen LogP contribution in [0.15, 0.2) is 30.3 Å². The summed E-state index contributed by atoms with van der Waals surface area (Å²) in [5, 5.41) is 4.90. The molecule has 0 fully saturated rings. The van der Waals surface area contributed by atoms with Gasteiger partial charge in [0.2, 0.25) is 0 Å². The molecule has 0 spiro atoms. The van der Waals surface area contributed by atoms with Crippen LogP contribution >= 0.6 is 34.8 Å². The van der Waals surface area contributed by atoms with Gasteiger partial charge in [0.1, 0.15) is 0 Å². The lowest BCUT2D eigenvalue weighted by molar-refractivity contribution is 0.955. The second kappa shape index (κ2) is 5.96. The van der Waals surface area contributed by atoms with Gasteiger partial charge in [0.25, 0.3) is 0 Å². The van der Waals surface area contributed by atoms with Gasteiger partial charge in [-0.3, -0.25) is 0 Å². The topological polar surface area (TPSA) is 15.3 Å². The molecule has 110 valence electrons. The maximum Gasteiger partial charge on any atom is 0.0722 e. The minimum absolute atomic E-state index is 0.536. The highest BCUT2D eigenvalue weighted by Gasteiger charge is 2.15. The van der Waals surface area contributed by atoms with Crippen LogP contribution in [0.2, 0.25) is 15.1 Å². The van der Waals surface area contributed by atoms with Gasteiger partial charge in [0.05, 0.1) is 15.7 Å². The van der Waals surface area contributed by atoms with Gasteiger partial charge >= 0.3 is 0 Å². The van der Waals surface area contributed by atoms with Crippen LogP contribution in [0.5, 0.6) is 0 Å². The zero-order valence-electron chi connectivity index (χ0n) is 11.6. The summed E-state index contributed by atoms with van der Waals surface area (Å²) < 4.78 is 0. The zero-order chi connectivity index (χ0) is 15.0. The van der Waals surface area contributed by atoms with E-state index < -0.39 is 0 Å². The van der Waals surface area contributed by atoms with E-state index in [2.05, 4.69) is 35.5 Å². The molecule has 1 heterocycles. The molecule has 0 saturated carbocycles. The smallest absolute Gasteiger partial charge is 0.0722 e. The minimum atomic E-state index is 0.536. The Morgan fingerprint density at radius 2 is 1.81 bits per heavy atom. The van der Waals surface area contributed by atoms with Crippen molar-refractivity contribution in [2.45, 2.75) is 13.0 Å². The number of halogens is 3. The Balaban J connectivity index is 1.77. The van der Waals surface area contributed by atoms with Crippen molar-refractivity contribution in [1.82, 2.24) is 0 Å². The van der Waals surface area contributed by atoms with Crippen LogP contribution < -0.4 is 10.2 Å². The maximum atomic E-state index is 6.18. The fourth-order valence-electron chi connectivity index (χ4n) is 2.63. The number of rotatable bonds is 3. The van der Waals surface area contributed by atoms with Crippen molar-refractivity contribution in [3.05, 3.63) is 56.5 Å². The van der Waals surface area contributed by atoms with Gasteiger partial charge in [-0.1, -0.05) is 46.9 Å². The molecule has 0 aromatic heterocycles. The molecular formula is C16H15Cl3N2. The summed E-state index contributed by atoms with van der Waals surface area (Å²) in [7, 11) is 2.12. The second-order valence-electron chi connectivity index (χ2n) is 5.23. The van der Waals surface area contributed by atoms with Crippen LogP contribution in [-0.2, 0) is 13.0 Å². The summed E-state index contributed by atoms with van der Waals surface area (Å²) in [6.07, 6.45) is 1.10. The standard InChI is InChI=1S/C16H15Cl3N2/c1-21-5-4-11-6-10(2-3-15(11)21)9-20-16-13(18)7-12(17)8-14(16)19/h2-3,6-8,20H,4-5,9H2,1H3. The first-order valence-corrected chi connectivity index (χ1v) is 7.89. The molecule has 2 aromatic rings. The average Bonchev–Trinajstić information content (AvgIpc) is 2.79. The van der Waals surface area contributed by atoms with Crippen molar-refractivity contribution in [1.29, 1.82) is 0 Å². The number of hydrogen-bond acceptors (Lipinski definition) is 2. The van der Waals surface area contributed by atoms with Crippen LogP contribution in [0.1, 0.15) is 11.1 Å². The van der Waals surface area contributed by atoms with Gasteiger partial charge in [-0.2, -0.15) is 0 Å². The van der Waals surface area contributed by atoms with E-state index in [1.165, 1.54) is 16.8 Å². The third-order valence-corrected chi connectivity index (χ3v) is 4.56. The Bertz CT molecular complexity index is 662. The fraction of sp³-hybridized carbons (Fsp3) is 0.250. The Hall–Kier alpha value is -1.09. The highest BCUT2D eigenvalue weighted by Crippen LogP contribution is 2.34. The number of fused-ring (bicyclic) bond motifs is 1. The Labute approximate surface area is 139 Å². The van der Waals surface area contributed by atoms with Gasteiger partial charge < -0.3 is 10.2 Å². The first-order chi connectivity index (χ1) is 10.0. The first-order valence-electron chi connectivity index (χ1n) is 6.76. The Morgan fingerprint density at radius 3 is 2.52 bits per heavy atom. The van der Waals surface area contributed by atoms with Crippen LogP contribution in [0.25, 0.3) is 0 Å². The van der Waals surface area contributed by atoms with Gasteiger partial charge in [-0.25, -0.2) is 0 Å². The molecule has 0 amide bonds. The molecule has 1 aliphatic heterocycles. The molecule has 0 bridgehead atoms. The fourth-order valence-corrected chi connectivity index (χ4v) is 3.58. The molecule has 5 heteroatoms. The molecule has 0 atom stereocenters. The van der Waals surface area contributed by atoms with E-state index in [1.54, 1.807) is 12.1 Å². The van der Waals surface area contributed by atoms with Crippen LogP contribution in [0, 0.1) is 0 Å². The molecule has 2 nitrogen and oxygen atoms in total. The molecule has 0 unspecified atom stereocenters. The van der Waals surface area contributed by atoms with Crippen molar-refractivity contribution in [3.8, 4) is 0 Å². The Kier molecular flexibility index (Phi) is 4.21. The third-order valence-electron chi connectivity index (χ3n) is 3.75. The van der Waals surface area contributed by atoms with Crippen molar-refractivity contribution in [2.24, 2.45) is 0 Å². The van der Waals surface area contributed by atoms with Crippen molar-refractivity contribution in [2.75, 3.05) is 23.8 Å². The van der Waals surface area contributed by atoms with E-state index in [1.807, 2.05) is 0 Å². The number of likely N-dealkylation sites (N-methyl/N-ethyl adjacent to an activating group) is 1. The SMILES string of the molecule is CN1CCc2cc(CNc3c(Cl)cc(Cl)cc3Cl)ccc21. The molecule has 3 rings (SSSR count). The number of nitrogens with zero attached hydrogens (tertiary/aromatic N) is 1. The lowest BCUT2D eigenvalue weighted by Gasteiger charge is -2.14. The van der Waals surface area contributed by atoms with E-state index in [9.17, 15) is 0 Å². The van der Waals surface area contributed by atoms with E-state index in [0.717, 1.165) is 18.7 Å². The predicted molar refractivity (Wildman–Crippen MR) is 92.2 cm³/mol.